The van der Waals surface area contributed by atoms with Gasteiger partial charge in [-0.1, -0.05) is 29.8 Å². The number of aryl methyl sites for hydroxylation is 1. The molecule has 2 aromatic carbocycles. The summed E-state index contributed by atoms with van der Waals surface area (Å²) < 4.78 is 13.6. The number of piperazine rings is 1. The summed E-state index contributed by atoms with van der Waals surface area (Å²) in [5, 5.41) is 3.58. The maximum atomic E-state index is 13.6. The molecule has 0 aromatic heterocycles. The van der Waals surface area contributed by atoms with Crippen molar-refractivity contribution in [3.05, 3.63) is 58.9 Å². The van der Waals surface area contributed by atoms with E-state index >= 15 is 0 Å². The Kier molecular flexibility index (Phi) is 5.79. The number of amides is 1. The molecule has 1 fully saturated rings. The van der Waals surface area contributed by atoms with E-state index < -0.39 is 0 Å². The Morgan fingerprint density at radius 3 is 2.58 bits per heavy atom. The molecule has 3 rings (SSSR count). The number of carbonyl (C=O) groups excluding carboxylic acids is 1. The lowest BCUT2D eigenvalue weighted by Gasteiger charge is -2.36. The molecule has 2 aromatic rings. The minimum Gasteiger partial charge on any atom is -0.359 e. The molecule has 1 saturated heterocycles. The molecule has 6 heteroatoms. The number of hydrogen-bond donors (Lipinski definition) is 2. The first kappa shape index (κ1) is 18.7. The summed E-state index contributed by atoms with van der Waals surface area (Å²) in [6.45, 7) is 7.00. The van der Waals surface area contributed by atoms with Crippen LogP contribution in [-0.4, -0.2) is 38.1 Å². The number of quaternary nitrogens is 1. The molecule has 0 bridgehead atoms. The normalized spacial score (nSPS) is 16.4. The summed E-state index contributed by atoms with van der Waals surface area (Å²) in [4.78, 5) is 16.0. The monoisotopic (exact) mass is 376 g/mol. The summed E-state index contributed by atoms with van der Waals surface area (Å²) in [5.41, 5.74) is 2.11. The van der Waals surface area contributed by atoms with Crippen LogP contribution in [0.4, 0.5) is 15.8 Å². The van der Waals surface area contributed by atoms with Gasteiger partial charge in [-0.15, -0.1) is 0 Å². The molecule has 0 saturated carbocycles. The van der Waals surface area contributed by atoms with E-state index in [0.717, 1.165) is 36.9 Å². The number of halogens is 2. The number of nitrogens with one attached hydrogen (secondary N) is 2. The topological polar surface area (TPSA) is 36.8 Å². The molecule has 1 aliphatic heterocycles. The second-order valence-corrected chi connectivity index (χ2v) is 7.18. The lowest BCUT2D eigenvalue weighted by molar-refractivity contribution is -0.914. The van der Waals surface area contributed by atoms with Crippen LogP contribution in [0.1, 0.15) is 12.5 Å². The van der Waals surface area contributed by atoms with E-state index in [2.05, 4.69) is 10.2 Å². The van der Waals surface area contributed by atoms with Gasteiger partial charge in [-0.25, -0.2) is 4.39 Å². The van der Waals surface area contributed by atoms with Crippen LogP contribution in [0.5, 0.6) is 0 Å². The van der Waals surface area contributed by atoms with Gasteiger partial charge in [0.05, 0.1) is 36.9 Å². The number of rotatable bonds is 4. The summed E-state index contributed by atoms with van der Waals surface area (Å²) in [6, 6.07) is 12.4. The van der Waals surface area contributed by atoms with Crippen molar-refractivity contribution in [2.24, 2.45) is 0 Å². The van der Waals surface area contributed by atoms with E-state index in [4.69, 9.17) is 11.6 Å². The van der Waals surface area contributed by atoms with Crippen LogP contribution in [0.15, 0.2) is 42.5 Å². The first-order chi connectivity index (χ1) is 12.5. The van der Waals surface area contributed by atoms with Gasteiger partial charge in [0.15, 0.2) is 6.04 Å². The predicted molar refractivity (Wildman–Crippen MR) is 104 cm³/mol. The molecular formula is C20H24ClFN3O+. The average molecular weight is 377 g/mol. The Morgan fingerprint density at radius 2 is 1.92 bits per heavy atom. The fourth-order valence-corrected chi connectivity index (χ4v) is 3.54. The van der Waals surface area contributed by atoms with Crippen molar-refractivity contribution in [1.82, 2.24) is 0 Å². The van der Waals surface area contributed by atoms with Crippen LogP contribution in [-0.2, 0) is 4.79 Å². The third kappa shape index (κ3) is 4.17. The molecule has 0 spiro atoms. The van der Waals surface area contributed by atoms with Crippen LogP contribution in [0, 0.1) is 12.7 Å². The van der Waals surface area contributed by atoms with E-state index in [1.54, 1.807) is 19.1 Å². The van der Waals surface area contributed by atoms with Crippen LogP contribution in [0.2, 0.25) is 5.02 Å². The van der Waals surface area contributed by atoms with E-state index in [1.807, 2.05) is 31.2 Å². The van der Waals surface area contributed by atoms with E-state index in [-0.39, 0.29) is 17.8 Å². The second-order valence-electron chi connectivity index (χ2n) is 6.77. The first-order valence-corrected chi connectivity index (χ1v) is 9.24. The second kappa shape index (κ2) is 8.06. The minimum atomic E-state index is -0.309. The summed E-state index contributed by atoms with van der Waals surface area (Å²) >= 11 is 6.28. The van der Waals surface area contributed by atoms with Gasteiger partial charge in [0.25, 0.3) is 5.91 Å². The minimum absolute atomic E-state index is 0.0885. The van der Waals surface area contributed by atoms with Crippen molar-refractivity contribution in [2.45, 2.75) is 19.9 Å². The maximum absolute atomic E-state index is 13.6. The summed E-state index contributed by atoms with van der Waals surface area (Å²) in [6.07, 6.45) is 0. The molecule has 0 radical (unpaired) electrons. The Labute approximate surface area is 158 Å². The van der Waals surface area contributed by atoms with Gasteiger partial charge in [-0.2, -0.15) is 0 Å². The lowest BCUT2D eigenvalue weighted by atomic mass is 10.1. The lowest BCUT2D eigenvalue weighted by Crippen LogP contribution is -3.19. The average Bonchev–Trinajstić information content (AvgIpc) is 2.65. The van der Waals surface area contributed by atoms with Gasteiger partial charge in [0, 0.05) is 5.69 Å². The molecule has 0 unspecified atom stereocenters. The van der Waals surface area contributed by atoms with Crippen molar-refractivity contribution in [1.29, 1.82) is 0 Å². The molecular weight excluding hydrogens is 353 g/mol. The zero-order chi connectivity index (χ0) is 18.7. The Morgan fingerprint density at radius 1 is 1.23 bits per heavy atom. The summed E-state index contributed by atoms with van der Waals surface area (Å²) in [7, 11) is 0. The molecule has 1 aliphatic rings. The fourth-order valence-electron chi connectivity index (χ4n) is 3.28. The van der Waals surface area contributed by atoms with Crippen molar-refractivity contribution in [3.8, 4) is 0 Å². The van der Waals surface area contributed by atoms with Crippen LogP contribution >= 0.6 is 11.6 Å². The highest BCUT2D eigenvalue weighted by Crippen LogP contribution is 2.24. The molecule has 0 aliphatic carbocycles. The number of anilines is 2. The molecule has 1 heterocycles. The highest BCUT2D eigenvalue weighted by atomic mass is 35.5. The number of para-hydroxylation sites is 1. The predicted octanol–water partition coefficient (Wildman–Crippen LogP) is 2.52. The Hall–Kier alpha value is -2.11. The number of hydrogen-bond acceptors (Lipinski definition) is 2. The molecule has 26 heavy (non-hydrogen) atoms. The van der Waals surface area contributed by atoms with Gasteiger partial charge in [-0.05, 0) is 43.7 Å². The van der Waals surface area contributed by atoms with Crippen LogP contribution in [0.25, 0.3) is 0 Å². The van der Waals surface area contributed by atoms with E-state index in [9.17, 15) is 9.18 Å². The smallest absolute Gasteiger partial charge is 0.282 e. The maximum Gasteiger partial charge on any atom is 0.282 e. The van der Waals surface area contributed by atoms with E-state index in [0.29, 0.717) is 11.3 Å². The zero-order valence-corrected chi connectivity index (χ0v) is 15.8. The zero-order valence-electron chi connectivity index (χ0n) is 15.1. The highest BCUT2D eigenvalue weighted by molar-refractivity contribution is 6.33. The highest BCUT2D eigenvalue weighted by Gasteiger charge is 2.29. The quantitative estimate of drug-likeness (QED) is 0.860. The number of carbonyl (C=O) groups is 1. The van der Waals surface area contributed by atoms with Gasteiger partial charge in [-0.3, -0.25) is 4.79 Å². The third-order valence-corrected chi connectivity index (χ3v) is 5.36. The Bertz CT molecular complexity index is 790. The molecule has 1 amide bonds. The van der Waals surface area contributed by atoms with E-state index in [1.165, 1.54) is 11.0 Å². The number of nitrogens with zero attached hydrogens (tertiary/aromatic N) is 1. The first-order valence-electron chi connectivity index (χ1n) is 8.87. The van der Waals surface area contributed by atoms with Gasteiger partial charge in [0.2, 0.25) is 0 Å². The van der Waals surface area contributed by atoms with Gasteiger partial charge in [0.1, 0.15) is 5.82 Å². The molecule has 1 atom stereocenters. The third-order valence-electron chi connectivity index (χ3n) is 5.04. The molecule has 138 valence electrons. The SMILES string of the molecule is Cc1ccc(NC(=O)[C@H](C)[NH+]2CCN(c3ccccc3Cl)CC2)cc1F. The molecule has 2 N–H and O–H groups in total. The molecule has 4 nitrogen and oxygen atoms in total. The van der Waals surface area contributed by atoms with Crippen molar-refractivity contribution in [2.75, 3.05) is 36.4 Å². The van der Waals surface area contributed by atoms with Crippen molar-refractivity contribution < 1.29 is 14.1 Å². The van der Waals surface area contributed by atoms with Crippen LogP contribution in [0.3, 0.4) is 0 Å². The van der Waals surface area contributed by atoms with Gasteiger partial charge >= 0.3 is 0 Å². The largest absolute Gasteiger partial charge is 0.359 e. The Balaban J connectivity index is 1.57. The van der Waals surface area contributed by atoms with Gasteiger partial charge < -0.3 is 15.1 Å². The fraction of sp³-hybridized carbons (Fsp3) is 0.350. The number of benzene rings is 2. The standard InChI is InChI=1S/C20H23ClFN3O/c1-14-7-8-16(13-18(14)22)23-20(26)15(2)24-9-11-25(12-10-24)19-6-4-3-5-17(19)21/h3-8,13,15H,9-12H2,1-2H3,(H,23,26)/p+1/t15-/m0/s1. The van der Waals surface area contributed by atoms with Crippen molar-refractivity contribution in [3.63, 3.8) is 0 Å². The van der Waals surface area contributed by atoms with Crippen molar-refractivity contribution >= 4 is 28.9 Å². The summed E-state index contributed by atoms with van der Waals surface area (Å²) in [5.74, 6) is -0.398. The van der Waals surface area contributed by atoms with Crippen LogP contribution < -0.4 is 15.1 Å².